The van der Waals surface area contributed by atoms with Gasteiger partial charge in [-0.25, -0.2) is 0 Å². The van der Waals surface area contributed by atoms with E-state index >= 15 is 0 Å². The van der Waals surface area contributed by atoms with Crippen molar-refractivity contribution in [3.8, 4) is 0 Å². The van der Waals surface area contributed by atoms with Crippen molar-refractivity contribution in [3.05, 3.63) is 35.9 Å². The first kappa shape index (κ1) is 18.2. The lowest BCUT2D eigenvalue weighted by atomic mass is 10.2. The van der Waals surface area contributed by atoms with Crippen LogP contribution in [0.1, 0.15) is 39.2 Å². The van der Waals surface area contributed by atoms with Crippen molar-refractivity contribution in [2.75, 3.05) is 6.61 Å². The Morgan fingerprint density at radius 3 is 2.27 bits per heavy atom. The van der Waals surface area contributed by atoms with Crippen molar-refractivity contribution in [3.63, 3.8) is 0 Å². The highest BCUT2D eigenvalue weighted by Crippen LogP contribution is 2.07. The van der Waals surface area contributed by atoms with Gasteiger partial charge in [0.1, 0.15) is 12.7 Å². The summed E-state index contributed by atoms with van der Waals surface area (Å²) in [5.41, 5.74) is 0.922. The van der Waals surface area contributed by atoms with Crippen molar-refractivity contribution >= 4 is 11.9 Å². The standard InChI is InChI=1S/C17H24O5/c1-4-20-13(2)10-17(19)22-14(3)11-16(18)21-12-15-8-6-5-7-9-15/h5-9,13-14H,4,10-12H2,1-3H3/t13-,14-/m1/s1. The Balaban J connectivity index is 2.24. The Hall–Kier alpha value is -1.88. The van der Waals surface area contributed by atoms with E-state index in [1.165, 1.54) is 0 Å². The summed E-state index contributed by atoms with van der Waals surface area (Å²) in [7, 11) is 0. The van der Waals surface area contributed by atoms with Gasteiger partial charge in [-0.1, -0.05) is 30.3 Å². The summed E-state index contributed by atoms with van der Waals surface area (Å²) < 4.78 is 15.6. The molecule has 0 radical (unpaired) electrons. The number of esters is 2. The molecule has 0 unspecified atom stereocenters. The SMILES string of the molecule is CCO[C@H](C)CC(=O)O[C@H](C)CC(=O)OCc1ccccc1. The van der Waals surface area contributed by atoms with Gasteiger partial charge in [-0.3, -0.25) is 9.59 Å². The minimum atomic E-state index is -0.510. The number of carbonyl (C=O) groups is 2. The molecule has 0 amide bonds. The van der Waals surface area contributed by atoms with Crippen molar-refractivity contribution < 1.29 is 23.8 Å². The van der Waals surface area contributed by atoms with Crippen molar-refractivity contribution in [2.24, 2.45) is 0 Å². The van der Waals surface area contributed by atoms with Gasteiger partial charge < -0.3 is 14.2 Å². The van der Waals surface area contributed by atoms with E-state index in [1.54, 1.807) is 6.92 Å². The molecule has 0 heterocycles. The van der Waals surface area contributed by atoms with Crippen LogP contribution in [0.25, 0.3) is 0 Å². The first-order valence-corrected chi connectivity index (χ1v) is 7.51. The maximum absolute atomic E-state index is 11.7. The van der Waals surface area contributed by atoms with E-state index in [9.17, 15) is 9.59 Å². The second-order valence-corrected chi connectivity index (χ2v) is 5.12. The van der Waals surface area contributed by atoms with Crippen molar-refractivity contribution in [2.45, 2.75) is 52.4 Å². The van der Waals surface area contributed by atoms with Crippen LogP contribution in [0.4, 0.5) is 0 Å². The fraction of sp³-hybridized carbons (Fsp3) is 0.529. The lowest BCUT2D eigenvalue weighted by molar-refractivity contribution is -0.156. The summed E-state index contributed by atoms with van der Waals surface area (Å²) in [5, 5.41) is 0. The van der Waals surface area contributed by atoms with Gasteiger partial charge in [0, 0.05) is 6.61 Å². The van der Waals surface area contributed by atoms with Crippen LogP contribution in [0.5, 0.6) is 0 Å². The first-order chi connectivity index (χ1) is 10.5. The second-order valence-electron chi connectivity index (χ2n) is 5.12. The molecular weight excluding hydrogens is 284 g/mol. The summed E-state index contributed by atoms with van der Waals surface area (Å²) in [6, 6.07) is 9.42. The maximum Gasteiger partial charge on any atom is 0.309 e. The monoisotopic (exact) mass is 308 g/mol. The van der Waals surface area contributed by atoms with Crippen LogP contribution in [-0.2, 0) is 30.4 Å². The van der Waals surface area contributed by atoms with E-state index in [1.807, 2.05) is 44.2 Å². The van der Waals surface area contributed by atoms with Crippen LogP contribution >= 0.6 is 0 Å². The lowest BCUT2D eigenvalue weighted by Crippen LogP contribution is -2.23. The van der Waals surface area contributed by atoms with Gasteiger partial charge in [0.2, 0.25) is 0 Å². The van der Waals surface area contributed by atoms with Gasteiger partial charge in [0.15, 0.2) is 0 Å². The van der Waals surface area contributed by atoms with Crippen LogP contribution in [-0.4, -0.2) is 30.8 Å². The van der Waals surface area contributed by atoms with Gasteiger partial charge in [0.05, 0.1) is 18.9 Å². The van der Waals surface area contributed by atoms with Crippen molar-refractivity contribution in [1.82, 2.24) is 0 Å². The highest BCUT2D eigenvalue weighted by molar-refractivity contribution is 5.72. The van der Waals surface area contributed by atoms with E-state index < -0.39 is 6.10 Å². The van der Waals surface area contributed by atoms with E-state index in [4.69, 9.17) is 14.2 Å². The zero-order chi connectivity index (χ0) is 16.4. The van der Waals surface area contributed by atoms with Gasteiger partial charge in [-0.2, -0.15) is 0 Å². The molecule has 1 aromatic rings. The predicted molar refractivity (Wildman–Crippen MR) is 82.1 cm³/mol. The van der Waals surface area contributed by atoms with Gasteiger partial charge in [-0.15, -0.1) is 0 Å². The quantitative estimate of drug-likeness (QED) is 0.656. The third-order valence-electron chi connectivity index (χ3n) is 2.93. The molecule has 0 bridgehead atoms. The molecule has 0 N–H and O–H groups in total. The topological polar surface area (TPSA) is 61.8 Å². The van der Waals surface area contributed by atoms with Gasteiger partial charge in [0.25, 0.3) is 0 Å². The van der Waals surface area contributed by atoms with Crippen LogP contribution in [0.2, 0.25) is 0 Å². The predicted octanol–water partition coefficient (Wildman–Crippen LogP) is 2.87. The molecule has 2 atom stereocenters. The number of rotatable bonds is 9. The molecule has 0 fully saturated rings. The molecule has 5 nitrogen and oxygen atoms in total. The van der Waals surface area contributed by atoms with Crippen molar-refractivity contribution in [1.29, 1.82) is 0 Å². The van der Waals surface area contributed by atoms with Gasteiger partial charge in [-0.05, 0) is 26.3 Å². The summed E-state index contributed by atoms with van der Waals surface area (Å²) in [4.78, 5) is 23.3. The second kappa shape index (κ2) is 9.95. The third kappa shape index (κ3) is 7.78. The molecule has 1 rings (SSSR count). The summed E-state index contributed by atoms with van der Waals surface area (Å²) in [5.74, 6) is -0.758. The molecule has 5 heteroatoms. The molecule has 0 aliphatic carbocycles. The summed E-state index contributed by atoms with van der Waals surface area (Å²) >= 11 is 0. The largest absolute Gasteiger partial charge is 0.462 e. The smallest absolute Gasteiger partial charge is 0.309 e. The molecule has 1 aromatic carbocycles. The van der Waals surface area contributed by atoms with Crippen LogP contribution in [0.3, 0.4) is 0 Å². The van der Waals surface area contributed by atoms with E-state index in [-0.39, 0.29) is 37.5 Å². The number of ether oxygens (including phenoxy) is 3. The number of hydrogen-bond acceptors (Lipinski definition) is 5. The fourth-order valence-electron chi connectivity index (χ4n) is 1.92. The zero-order valence-corrected chi connectivity index (χ0v) is 13.4. The first-order valence-electron chi connectivity index (χ1n) is 7.51. The van der Waals surface area contributed by atoms with Crippen LogP contribution in [0.15, 0.2) is 30.3 Å². The van der Waals surface area contributed by atoms with Crippen LogP contribution in [0, 0.1) is 0 Å². The molecule has 0 aliphatic heterocycles. The molecule has 0 aromatic heterocycles. The third-order valence-corrected chi connectivity index (χ3v) is 2.93. The Morgan fingerprint density at radius 2 is 1.64 bits per heavy atom. The molecule has 122 valence electrons. The number of hydrogen-bond donors (Lipinski definition) is 0. The minimum Gasteiger partial charge on any atom is -0.462 e. The van der Waals surface area contributed by atoms with E-state index in [2.05, 4.69) is 0 Å². The summed E-state index contributed by atoms with van der Waals surface area (Å²) in [6.07, 6.45) is -0.474. The number of benzene rings is 1. The molecule has 0 spiro atoms. The van der Waals surface area contributed by atoms with E-state index in [0.29, 0.717) is 6.61 Å². The summed E-state index contributed by atoms with van der Waals surface area (Å²) in [6.45, 7) is 6.13. The highest BCUT2D eigenvalue weighted by atomic mass is 16.6. The fourth-order valence-corrected chi connectivity index (χ4v) is 1.92. The normalized spacial score (nSPS) is 13.2. The van der Waals surface area contributed by atoms with Gasteiger partial charge >= 0.3 is 11.9 Å². The molecular formula is C17H24O5. The van der Waals surface area contributed by atoms with Crippen LogP contribution < -0.4 is 0 Å². The Bertz CT molecular complexity index is 457. The average molecular weight is 308 g/mol. The van der Waals surface area contributed by atoms with E-state index in [0.717, 1.165) is 5.56 Å². The molecule has 0 saturated carbocycles. The Kier molecular flexibility index (Phi) is 8.22. The Labute approximate surface area is 131 Å². The molecule has 0 saturated heterocycles. The highest BCUT2D eigenvalue weighted by Gasteiger charge is 2.17. The maximum atomic E-state index is 11.7. The average Bonchev–Trinajstić information content (AvgIpc) is 2.46. The zero-order valence-electron chi connectivity index (χ0n) is 13.4. The Morgan fingerprint density at radius 1 is 1.00 bits per heavy atom. The molecule has 22 heavy (non-hydrogen) atoms. The molecule has 0 aliphatic rings. The lowest BCUT2D eigenvalue weighted by Gasteiger charge is -2.15. The minimum absolute atomic E-state index is 0.0432. The number of carbonyl (C=O) groups excluding carboxylic acids is 2.